The highest BCUT2D eigenvalue weighted by Gasteiger charge is 2.35. The first kappa shape index (κ1) is 20.1. The number of carbonyl (C=O) groups is 2. The van der Waals surface area contributed by atoms with Crippen LogP contribution in [0.2, 0.25) is 0 Å². The van der Waals surface area contributed by atoms with E-state index in [4.69, 9.17) is 8.83 Å². The van der Waals surface area contributed by atoms with E-state index >= 15 is 0 Å². The Bertz CT molecular complexity index is 1100. The van der Waals surface area contributed by atoms with Gasteiger partial charge >= 0.3 is 0 Å². The van der Waals surface area contributed by atoms with Gasteiger partial charge in [-0.3, -0.25) is 14.6 Å². The zero-order valence-corrected chi connectivity index (χ0v) is 16.5. The van der Waals surface area contributed by atoms with E-state index in [1.54, 1.807) is 24.3 Å². The van der Waals surface area contributed by atoms with Gasteiger partial charge in [0.05, 0.1) is 25.3 Å². The number of nitrogens with one attached hydrogen (secondary N) is 1. The number of amides is 2. The van der Waals surface area contributed by atoms with Crippen molar-refractivity contribution in [3.8, 4) is 0 Å². The molecule has 3 aromatic heterocycles. The molecule has 3 heterocycles. The highest BCUT2D eigenvalue weighted by atomic mass is 16.3. The van der Waals surface area contributed by atoms with Crippen molar-refractivity contribution in [1.29, 1.82) is 0 Å². The summed E-state index contributed by atoms with van der Waals surface area (Å²) in [6, 6.07) is 15.3. The molecule has 31 heavy (non-hydrogen) atoms. The first-order valence-electron chi connectivity index (χ1n) is 9.67. The minimum absolute atomic E-state index is 0.0481. The Morgan fingerprint density at radius 2 is 1.77 bits per heavy atom. The summed E-state index contributed by atoms with van der Waals surface area (Å²) in [7, 11) is 0. The van der Waals surface area contributed by atoms with Crippen molar-refractivity contribution >= 4 is 11.8 Å². The Balaban J connectivity index is 1.66. The summed E-state index contributed by atoms with van der Waals surface area (Å²) < 4.78 is 11.0. The molecule has 2 amide bonds. The van der Waals surface area contributed by atoms with Gasteiger partial charge in [-0.15, -0.1) is 0 Å². The molecule has 0 aliphatic heterocycles. The molecule has 4 aromatic rings. The molecule has 0 fully saturated rings. The van der Waals surface area contributed by atoms with Gasteiger partial charge in [-0.05, 0) is 29.8 Å². The van der Waals surface area contributed by atoms with E-state index in [9.17, 15) is 9.59 Å². The predicted molar refractivity (Wildman–Crippen MR) is 110 cm³/mol. The molecule has 0 aliphatic rings. The zero-order valence-electron chi connectivity index (χ0n) is 16.5. The molecule has 0 bridgehead atoms. The molecule has 0 aliphatic carbocycles. The van der Waals surface area contributed by atoms with Crippen LogP contribution in [0.4, 0.5) is 0 Å². The lowest BCUT2D eigenvalue weighted by Crippen LogP contribution is -2.43. The third-order valence-electron chi connectivity index (χ3n) is 4.63. The van der Waals surface area contributed by atoms with Gasteiger partial charge in [-0.25, -0.2) is 4.98 Å². The number of hydrogen-bond acceptors (Lipinski definition) is 6. The van der Waals surface area contributed by atoms with Crippen LogP contribution in [0.1, 0.15) is 33.6 Å². The van der Waals surface area contributed by atoms with E-state index in [-0.39, 0.29) is 18.1 Å². The lowest BCUT2D eigenvalue weighted by molar-refractivity contribution is -0.126. The van der Waals surface area contributed by atoms with Crippen LogP contribution in [0.25, 0.3) is 0 Å². The van der Waals surface area contributed by atoms with Crippen LogP contribution in [0.5, 0.6) is 0 Å². The van der Waals surface area contributed by atoms with E-state index in [2.05, 4.69) is 15.3 Å². The monoisotopic (exact) mass is 416 g/mol. The molecule has 156 valence electrons. The number of benzene rings is 1. The topological polar surface area (TPSA) is 101 Å². The number of furan rings is 2. The molecule has 8 heteroatoms. The van der Waals surface area contributed by atoms with Gasteiger partial charge < -0.3 is 19.1 Å². The quantitative estimate of drug-likeness (QED) is 0.473. The third-order valence-corrected chi connectivity index (χ3v) is 4.63. The molecule has 0 spiro atoms. The SMILES string of the molecule is O=C(NCc1ccccc1)C(c1ccco1)N(Cc1ccco1)C(=O)c1cnccn1. The summed E-state index contributed by atoms with van der Waals surface area (Å²) in [6.07, 6.45) is 7.24. The average Bonchev–Trinajstić information content (AvgIpc) is 3.53. The van der Waals surface area contributed by atoms with E-state index in [1.165, 1.54) is 36.0 Å². The number of hydrogen-bond donors (Lipinski definition) is 1. The van der Waals surface area contributed by atoms with Crippen LogP contribution in [0.3, 0.4) is 0 Å². The highest BCUT2D eigenvalue weighted by molar-refractivity contribution is 5.96. The van der Waals surface area contributed by atoms with Crippen molar-refractivity contribution in [2.24, 2.45) is 0 Å². The molecule has 1 N–H and O–H groups in total. The van der Waals surface area contributed by atoms with Gasteiger partial charge in [0.25, 0.3) is 11.8 Å². The number of rotatable bonds is 8. The van der Waals surface area contributed by atoms with Crippen LogP contribution in [-0.2, 0) is 17.9 Å². The van der Waals surface area contributed by atoms with Crippen LogP contribution in [-0.4, -0.2) is 26.7 Å². The van der Waals surface area contributed by atoms with Crippen molar-refractivity contribution in [1.82, 2.24) is 20.2 Å². The second kappa shape index (κ2) is 9.53. The molecule has 8 nitrogen and oxygen atoms in total. The van der Waals surface area contributed by atoms with E-state index in [1.807, 2.05) is 30.3 Å². The van der Waals surface area contributed by atoms with Gasteiger partial charge in [0, 0.05) is 18.9 Å². The predicted octanol–water partition coefficient (Wildman–Crippen LogP) is 3.36. The minimum Gasteiger partial charge on any atom is -0.467 e. The lowest BCUT2D eigenvalue weighted by atomic mass is 10.1. The molecule has 1 aromatic carbocycles. The summed E-state index contributed by atoms with van der Waals surface area (Å²) in [6.45, 7) is 0.358. The smallest absolute Gasteiger partial charge is 0.275 e. The Labute approximate surface area is 178 Å². The van der Waals surface area contributed by atoms with Gasteiger partial charge in [-0.1, -0.05) is 30.3 Å². The number of carbonyl (C=O) groups excluding carboxylic acids is 2. The molecule has 0 radical (unpaired) electrons. The number of aromatic nitrogens is 2. The van der Waals surface area contributed by atoms with Gasteiger partial charge in [0.15, 0.2) is 6.04 Å². The third kappa shape index (κ3) is 4.87. The number of nitrogens with zero attached hydrogens (tertiary/aromatic N) is 3. The van der Waals surface area contributed by atoms with E-state index in [0.29, 0.717) is 18.1 Å². The maximum absolute atomic E-state index is 13.3. The summed E-state index contributed by atoms with van der Waals surface area (Å²) in [5.74, 6) is -0.0117. The highest BCUT2D eigenvalue weighted by Crippen LogP contribution is 2.26. The van der Waals surface area contributed by atoms with Crippen molar-refractivity contribution < 1.29 is 18.4 Å². The van der Waals surface area contributed by atoms with Crippen molar-refractivity contribution in [2.75, 3.05) is 0 Å². The molecule has 1 atom stereocenters. The molecule has 0 saturated carbocycles. The van der Waals surface area contributed by atoms with Crippen molar-refractivity contribution in [3.63, 3.8) is 0 Å². The Kier molecular flexibility index (Phi) is 6.18. The minimum atomic E-state index is -1.03. The summed E-state index contributed by atoms with van der Waals surface area (Å²) >= 11 is 0. The second-order valence-electron chi connectivity index (χ2n) is 6.72. The van der Waals surface area contributed by atoms with Crippen molar-refractivity contribution in [3.05, 3.63) is 108 Å². The molecule has 0 saturated heterocycles. The summed E-state index contributed by atoms with van der Waals surface area (Å²) in [4.78, 5) is 36.1. The first-order valence-corrected chi connectivity index (χ1v) is 9.67. The second-order valence-corrected chi connectivity index (χ2v) is 6.72. The Morgan fingerprint density at radius 1 is 0.968 bits per heavy atom. The van der Waals surface area contributed by atoms with Crippen molar-refractivity contribution in [2.45, 2.75) is 19.1 Å². The fourth-order valence-corrected chi connectivity index (χ4v) is 3.16. The largest absolute Gasteiger partial charge is 0.467 e. The lowest BCUT2D eigenvalue weighted by Gasteiger charge is -2.28. The maximum atomic E-state index is 13.3. The van der Waals surface area contributed by atoms with Crippen LogP contribution < -0.4 is 5.32 Å². The molecule has 4 rings (SSSR count). The van der Waals surface area contributed by atoms with E-state index < -0.39 is 11.9 Å². The van der Waals surface area contributed by atoms with Crippen LogP contribution >= 0.6 is 0 Å². The van der Waals surface area contributed by atoms with Gasteiger partial charge in [-0.2, -0.15) is 0 Å². The normalized spacial score (nSPS) is 11.6. The molecular formula is C23H20N4O4. The first-order chi connectivity index (χ1) is 15.2. The molecule has 1 unspecified atom stereocenters. The Hall–Kier alpha value is -4.20. The average molecular weight is 416 g/mol. The fraction of sp³-hybridized carbons (Fsp3) is 0.130. The Morgan fingerprint density at radius 3 is 2.45 bits per heavy atom. The fourth-order valence-electron chi connectivity index (χ4n) is 3.16. The summed E-state index contributed by atoms with van der Waals surface area (Å²) in [5.41, 5.74) is 1.05. The van der Waals surface area contributed by atoms with Gasteiger partial charge in [0.2, 0.25) is 0 Å². The van der Waals surface area contributed by atoms with Crippen LogP contribution in [0.15, 0.2) is 94.5 Å². The summed E-state index contributed by atoms with van der Waals surface area (Å²) in [5, 5.41) is 2.89. The van der Waals surface area contributed by atoms with Crippen LogP contribution in [0, 0.1) is 0 Å². The molecular weight excluding hydrogens is 396 g/mol. The van der Waals surface area contributed by atoms with Gasteiger partial charge in [0.1, 0.15) is 17.2 Å². The maximum Gasteiger partial charge on any atom is 0.275 e. The zero-order chi connectivity index (χ0) is 21.5. The van der Waals surface area contributed by atoms with E-state index in [0.717, 1.165) is 5.56 Å². The standard InChI is InChI=1S/C23H20N4O4/c28-22(26-14-17-6-2-1-3-7-17)21(20-9-5-13-31-20)27(16-18-8-4-12-30-18)23(29)19-15-24-10-11-25-19/h1-13,15,21H,14,16H2,(H,26,28).